The first-order valence-electron chi connectivity index (χ1n) is 5.68. The van der Waals surface area contributed by atoms with Crippen LogP contribution in [-0.4, -0.2) is 24.1 Å². The Hall–Kier alpha value is -0.940. The second kappa shape index (κ2) is 5.60. The fourth-order valence-electron chi connectivity index (χ4n) is 1.76. The number of amides is 1. The standard InChI is InChI=1S/C12H15BrN2O2/c1-8-2-3-10(14-11(8)13)15-12(16)9-4-6-17-7-5-9/h2-3,9H,4-7H2,1H3,(H,14,15,16). The van der Waals surface area contributed by atoms with E-state index in [1.54, 1.807) is 0 Å². The van der Waals surface area contributed by atoms with Crippen LogP contribution in [0.5, 0.6) is 0 Å². The number of aryl methyl sites for hydroxylation is 1. The molecule has 0 atom stereocenters. The Kier molecular flexibility index (Phi) is 4.12. The highest BCUT2D eigenvalue weighted by Crippen LogP contribution is 2.19. The normalized spacial score (nSPS) is 16.8. The van der Waals surface area contributed by atoms with Crippen molar-refractivity contribution in [1.82, 2.24) is 4.98 Å². The third-order valence-electron chi connectivity index (χ3n) is 2.88. The number of nitrogens with zero attached hydrogens (tertiary/aromatic N) is 1. The molecule has 1 aliphatic heterocycles. The van der Waals surface area contributed by atoms with E-state index in [2.05, 4.69) is 26.2 Å². The zero-order valence-corrected chi connectivity index (χ0v) is 11.3. The van der Waals surface area contributed by atoms with E-state index < -0.39 is 0 Å². The maximum absolute atomic E-state index is 11.9. The third kappa shape index (κ3) is 3.26. The number of pyridine rings is 1. The van der Waals surface area contributed by atoms with Crippen LogP contribution < -0.4 is 5.32 Å². The molecule has 0 aliphatic carbocycles. The molecule has 5 heteroatoms. The van der Waals surface area contributed by atoms with Crippen molar-refractivity contribution in [3.63, 3.8) is 0 Å². The van der Waals surface area contributed by atoms with Crippen molar-refractivity contribution in [3.8, 4) is 0 Å². The summed E-state index contributed by atoms with van der Waals surface area (Å²) in [5.41, 5.74) is 1.05. The average Bonchev–Trinajstić information content (AvgIpc) is 2.35. The first-order chi connectivity index (χ1) is 8.16. The number of rotatable bonds is 2. The zero-order chi connectivity index (χ0) is 12.3. The van der Waals surface area contributed by atoms with Gasteiger partial charge < -0.3 is 10.1 Å². The van der Waals surface area contributed by atoms with Crippen LogP contribution in [0.1, 0.15) is 18.4 Å². The molecular formula is C12H15BrN2O2. The van der Waals surface area contributed by atoms with Crippen molar-refractivity contribution < 1.29 is 9.53 Å². The van der Waals surface area contributed by atoms with Gasteiger partial charge in [-0.1, -0.05) is 6.07 Å². The Morgan fingerprint density at radius 1 is 1.47 bits per heavy atom. The highest BCUT2D eigenvalue weighted by molar-refractivity contribution is 9.10. The second-order valence-corrected chi connectivity index (χ2v) is 4.93. The molecule has 1 fully saturated rings. The molecule has 1 aromatic heterocycles. The number of anilines is 1. The van der Waals surface area contributed by atoms with E-state index in [4.69, 9.17) is 4.74 Å². The molecule has 0 bridgehead atoms. The molecule has 0 aromatic carbocycles. The van der Waals surface area contributed by atoms with Gasteiger partial charge in [-0.2, -0.15) is 0 Å². The highest BCUT2D eigenvalue weighted by Gasteiger charge is 2.21. The van der Waals surface area contributed by atoms with Crippen molar-refractivity contribution in [3.05, 3.63) is 22.3 Å². The molecule has 1 saturated heterocycles. The van der Waals surface area contributed by atoms with Crippen molar-refractivity contribution in [2.45, 2.75) is 19.8 Å². The van der Waals surface area contributed by atoms with E-state index in [0.29, 0.717) is 19.0 Å². The van der Waals surface area contributed by atoms with Gasteiger partial charge >= 0.3 is 0 Å². The number of aromatic nitrogens is 1. The first kappa shape index (κ1) is 12.5. The number of hydrogen-bond donors (Lipinski definition) is 1. The average molecular weight is 299 g/mol. The number of ether oxygens (including phenoxy) is 1. The van der Waals surface area contributed by atoms with Crippen LogP contribution in [0, 0.1) is 12.8 Å². The fourth-order valence-corrected chi connectivity index (χ4v) is 2.08. The quantitative estimate of drug-likeness (QED) is 0.854. The molecule has 17 heavy (non-hydrogen) atoms. The Morgan fingerprint density at radius 2 is 2.18 bits per heavy atom. The van der Waals surface area contributed by atoms with E-state index in [1.165, 1.54) is 0 Å². The molecular weight excluding hydrogens is 284 g/mol. The predicted octanol–water partition coefficient (Wildman–Crippen LogP) is 2.52. The van der Waals surface area contributed by atoms with Crippen molar-refractivity contribution >= 4 is 27.7 Å². The van der Waals surface area contributed by atoms with Crippen LogP contribution in [0.15, 0.2) is 16.7 Å². The molecule has 1 aromatic rings. The van der Waals surface area contributed by atoms with Crippen LogP contribution in [0.25, 0.3) is 0 Å². The third-order valence-corrected chi connectivity index (χ3v) is 3.68. The summed E-state index contributed by atoms with van der Waals surface area (Å²) in [5, 5.41) is 2.84. The lowest BCUT2D eigenvalue weighted by Crippen LogP contribution is -2.28. The summed E-state index contributed by atoms with van der Waals surface area (Å²) in [6.45, 7) is 3.30. The molecule has 0 saturated carbocycles. The van der Waals surface area contributed by atoms with Crippen LogP contribution in [-0.2, 0) is 9.53 Å². The number of halogens is 1. The molecule has 1 amide bonds. The van der Waals surface area contributed by atoms with Gasteiger partial charge in [-0.05, 0) is 47.3 Å². The largest absolute Gasteiger partial charge is 0.381 e. The van der Waals surface area contributed by atoms with Gasteiger partial charge in [0.1, 0.15) is 10.4 Å². The fraction of sp³-hybridized carbons (Fsp3) is 0.500. The minimum Gasteiger partial charge on any atom is -0.381 e. The Morgan fingerprint density at radius 3 is 2.82 bits per heavy atom. The molecule has 0 spiro atoms. The second-order valence-electron chi connectivity index (χ2n) is 4.18. The van der Waals surface area contributed by atoms with Crippen LogP contribution >= 0.6 is 15.9 Å². The van der Waals surface area contributed by atoms with Gasteiger partial charge in [0.25, 0.3) is 0 Å². The first-order valence-corrected chi connectivity index (χ1v) is 6.48. The minimum absolute atomic E-state index is 0.0385. The highest BCUT2D eigenvalue weighted by atomic mass is 79.9. The smallest absolute Gasteiger partial charge is 0.228 e. The summed E-state index contributed by atoms with van der Waals surface area (Å²) in [6.07, 6.45) is 1.58. The molecule has 0 unspecified atom stereocenters. The van der Waals surface area contributed by atoms with E-state index in [1.807, 2.05) is 19.1 Å². The van der Waals surface area contributed by atoms with Crippen LogP contribution in [0.3, 0.4) is 0 Å². The van der Waals surface area contributed by atoms with Crippen LogP contribution in [0.2, 0.25) is 0 Å². The van der Waals surface area contributed by atoms with E-state index in [0.717, 1.165) is 23.0 Å². The Bertz CT molecular complexity index is 417. The maximum Gasteiger partial charge on any atom is 0.228 e. The summed E-state index contributed by atoms with van der Waals surface area (Å²) < 4.78 is 6.00. The molecule has 2 rings (SSSR count). The lowest BCUT2D eigenvalue weighted by atomic mass is 9.99. The van der Waals surface area contributed by atoms with Gasteiger partial charge in [-0.15, -0.1) is 0 Å². The molecule has 0 radical (unpaired) electrons. The molecule has 2 heterocycles. The van der Waals surface area contributed by atoms with E-state index in [-0.39, 0.29) is 11.8 Å². The maximum atomic E-state index is 11.9. The van der Waals surface area contributed by atoms with Gasteiger partial charge in [-0.25, -0.2) is 4.98 Å². The number of carbonyl (C=O) groups is 1. The lowest BCUT2D eigenvalue weighted by molar-refractivity contribution is -0.122. The number of carbonyl (C=O) groups excluding carboxylic acids is 1. The summed E-state index contributed by atoms with van der Waals surface area (Å²) in [7, 11) is 0. The van der Waals surface area contributed by atoms with Gasteiger partial charge in [0.15, 0.2) is 0 Å². The minimum atomic E-state index is 0.0385. The van der Waals surface area contributed by atoms with Gasteiger partial charge in [-0.3, -0.25) is 4.79 Å². The Balaban J connectivity index is 1.99. The SMILES string of the molecule is Cc1ccc(NC(=O)C2CCOCC2)nc1Br. The monoisotopic (exact) mass is 298 g/mol. The van der Waals surface area contributed by atoms with Crippen molar-refractivity contribution in [2.24, 2.45) is 5.92 Å². The summed E-state index contributed by atoms with van der Waals surface area (Å²) >= 11 is 3.35. The van der Waals surface area contributed by atoms with Gasteiger partial charge in [0.2, 0.25) is 5.91 Å². The number of nitrogens with one attached hydrogen (secondary N) is 1. The topological polar surface area (TPSA) is 51.2 Å². The van der Waals surface area contributed by atoms with E-state index in [9.17, 15) is 4.79 Å². The lowest BCUT2D eigenvalue weighted by Gasteiger charge is -2.21. The van der Waals surface area contributed by atoms with Gasteiger partial charge in [0, 0.05) is 19.1 Å². The van der Waals surface area contributed by atoms with E-state index >= 15 is 0 Å². The molecule has 4 nitrogen and oxygen atoms in total. The number of hydrogen-bond acceptors (Lipinski definition) is 3. The van der Waals surface area contributed by atoms with Crippen molar-refractivity contribution in [1.29, 1.82) is 0 Å². The van der Waals surface area contributed by atoms with Crippen molar-refractivity contribution in [2.75, 3.05) is 18.5 Å². The Labute approximate surface area is 109 Å². The molecule has 1 aliphatic rings. The predicted molar refractivity (Wildman–Crippen MR) is 68.8 cm³/mol. The van der Waals surface area contributed by atoms with Crippen LogP contribution in [0.4, 0.5) is 5.82 Å². The summed E-state index contributed by atoms with van der Waals surface area (Å²) in [5.74, 6) is 0.682. The zero-order valence-electron chi connectivity index (χ0n) is 9.70. The molecule has 92 valence electrons. The summed E-state index contributed by atoms with van der Waals surface area (Å²) in [6, 6.07) is 3.74. The summed E-state index contributed by atoms with van der Waals surface area (Å²) in [4.78, 5) is 16.2. The van der Waals surface area contributed by atoms with Gasteiger partial charge in [0.05, 0.1) is 0 Å². The molecule has 1 N–H and O–H groups in total.